The highest BCUT2D eigenvalue weighted by atomic mass is 16.5. The predicted molar refractivity (Wildman–Crippen MR) is 157 cm³/mol. The van der Waals surface area contributed by atoms with Gasteiger partial charge in [0.15, 0.2) is 0 Å². The Balaban J connectivity index is 1.28. The van der Waals surface area contributed by atoms with Crippen LogP contribution in [-0.2, 0) is 14.2 Å². The van der Waals surface area contributed by atoms with Crippen LogP contribution in [0.4, 0.5) is 5.82 Å². The highest BCUT2D eigenvalue weighted by molar-refractivity contribution is 5.94. The van der Waals surface area contributed by atoms with Crippen molar-refractivity contribution in [3.63, 3.8) is 0 Å². The summed E-state index contributed by atoms with van der Waals surface area (Å²) in [6.07, 6.45) is 7.58. The van der Waals surface area contributed by atoms with E-state index < -0.39 is 0 Å². The first kappa shape index (κ1) is 30.4. The molecule has 40 heavy (non-hydrogen) atoms. The van der Waals surface area contributed by atoms with E-state index >= 15 is 0 Å². The number of benzene rings is 1. The zero-order valence-electron chi connectivity index (χ0n) is 24.7. The smallest absolute Gasteiger partial charge is 0.272 e. The Bertz CT molecular complexity index is 1060. The van der Waals surface area contributed by atoms with Crippen LogP contribution in [0.1, 0.15) is 78.7 Å². The van der Waals surface area contributed by atoms with Gasteiger partial charge in [0.2, 0.25) is 0 Å². The Kier molecular flexibility index (Phi) is 11.7. The number of carbonyl (C=O) groups is 1. The molecular formula is C31H47N5O4. The lowest BCUT2D eigenvalue weighted by atomic mass is 9.97. The molecular weight excluding hydrogens is 506 g/mol. The number of likely N-dealkylation sites (tertiary alicyclic amines) is 1. The number of rotatable bonds is 13. The molecule has 2 N–H and O–H groups in total. The number of amides is 1. The fourth-order valence-corrected chi connectivity index (χ4v) is 5.65. The molecule has 2 fully saturated rings. The Morgan fingerprint density at radius 3 is 2.62 bits per heavy atom. The van der Waals surface area contributed by atoms with Crippen LogP contribution >= 0.6 is 0 Å². The maximum Gasteiger partial charge on any atom is 0.272 e. The molecule has 1 amide bonds. The molecule has 2 aromatic rings. The largest absolute Gasteiger partial charge is 0.383 e. The van der Waals surface area contributed by atoms with Crippen molar-refractivity contribution in [1.29, 1.82) is 0 Å². The van der Waals surface area contributed by atoms with E-state index in [1.165, 1.54) is 17.5 Å². The first-order chi connectivity index (χ1) is 19.5. The van der Waals surface area contributed by atoms with E-state index in [1.807, 2.05) is 18.7 Å². The standard InChI is InChI=1S/C31H47N5O4/c1-5-39-18-15-26(20-38-4)35-25-13-16-36(17-14-25)31(37)29-23(3)30(34-21-33-29)32-19-27-7-6-8-28(40-27)24-11-9-22(2)10-12-24/h9-12,21,25-28,35H,5-8,13-20H2,1-4H3,(H,32,33,34)/t26-,27-,28+/m1/s1. The van der Waals surface area contributed by atoms with Crippen molar-refractivity contribution in [3.8, 4) is 0 Å². The van der Waals surface area contributed by atoms with E-state index in [-0.39, 0.29) is 24.2 Å². The molecule has 0 spiro atoms. The van der Waals surface area contributed by atoms with Crippen LogP contribution in [0.15, 0.2) is 30.6 Å². The van der Waals surface area contributed by atoms with Gasteiger partial charge in [0.05, 0.1) is 18.8 Å². The number of ether oxygens (including phenoxy) is 3. The third-order valence-electron chi connectivity index (χ3n) is 8.02. The van der Waals surface area contributed by atoms with Crippen molar-refractivity contribution in [2.75, 3.05) is 51.9 Å². The number of aromatic nitrogens is 2. The number of nitrogens with one attached hydrogen (secondary N) is 2. The minimum absolute atomic E-state index is 0.0282. The summed E-state index contributed by atoms with van der Waals surface area (Å²) in [5.74, 6) is 0.673. The summed E-state index contributed by atoms with van der Waals surface area (Å²) >= 11 is 0. The van der Waals surface area contributed by atoms with Gasteiger partial charge in [0.1, 0.15) is 17.8 Å². The van der Waals surface area contributed by atoms with Crippen LogP contribution in [0.5, 0.6) is 0 Å². The van der Waals surface area contributed by atoms with Crippen molar-refractivity contribution in [3.05, 3.63) is 53.0 Å². The van der Waals surface area contributed by atoms with E-state index in [2.05, 4.69) is 51.8 Å². The van der Waals surface area contributed by atoms with Gasteiger partial charge >= 0.3 is 0 Å². The zero-order valence-corrected chi connectivity index (χ0v) is 24.7. The minimum atomic E-state index is -0.0282. The zero-order chi connectivity index (χ0) is 28.3. The highest BCUT2D eigenvalue weighted by Gasteiger charge is 2.28. The average Bonchev–Trinajstić information content (AvgIpc) is 2.97. The lowest BCUT2D eigenvalue weighted by Gasteiger charge is -2.34. The maximum atomic E-state index is 13.4. The fraction of sp³-hybridized carbons (Fsp3) is 0.645. The number of hydrogen-bond acceptors (Lipinski definition) is 8. The van der Waals surface area contributed by atoms with Gasteiger partial charge in [-0.15, -0.1) is 0 Å². The molecule has 3 heterocycles. The van der Waals surface area contributed by atoms with E-state index in [4.69, 9.17) is 14.2 Å². The molecule has 220 valence electrons. The molecule has 0 bridgehead atoms. The monoisotopic (exact) mass is 553 g/mol. The second kappa shape index (κ2) is 15.4. The number of anilines is 1. The predicted octanol–water partition coefficient (Wildman–Crippen LogP) is 4.45. The SMILES string of the molecule is CCOCC[C@H](COC)NC1CCN(C(=O)c2ncnc(NC[C@H]3CCC[C@@H](c4ccc(C)cc4)O3)c2C)CC1. The highest BCUT2D eigenvalue weighted by Crippen LogP contribution is 2.31. The minimum Gasteiger partial charge on any atom is -0.383 e. The molecule has 2 saturated heterocycles. The average molecular weight is 554 g/mol. The first-order valence-electron chi connectivity index (χ1n) is 14.9. The topological polar surface area (TPSA) is 97.8 Å². The summed E-state index contributed by atoms with van der Waals surface area (Å²) in [5, 5.41) is 7.15. The summed E-state index contributed by atoms with van der Waals surface area (Å²) in [6.45, 7) is 10.2. The Labute approximate surface area is 239 Å². The second-order valence-electron chi connectivity index (χ2n) is 11.0. The Morgan fingerprint density at radius 1 is 1.12 bits per heavy atom. The van der Waals surface area contributed by atoms with Crippen LogP contribution in [0.25, 0.3) is 0 Å². The summed E-state index contributed by atoms with van der Waals surface area (Å²) in [4.78, 5) is 24.2. The fourth-order valence-electron chi connectivity index (χ4n) is 5.65. The Hall–Kier alpha value is -2.59. The molecule has 9 heteroatoms. The number of methoxy groups -OCH3 is 1. The van der Waals surface area contributed by atoms with Gasteiger partial charge in [-0.2, -0.15) is 0 Å². The maximum absolute atomic E-state index is 13.4. The van der Waals surface area contributed by atoms with E-state index in [0.29, 0.717) is 43.8 Å². The Morgan fingerprint density at radius 2 is 1.90 bits per heavy atom. The summed E-state index contributed by atoms with van der Waals surface area (Å²) in [5.41, 5.74) is 3.75. The third-order valence-corrected chi connectivity index (χ3v) is 8.02. The quantitative estimate of drug-likeness (QED) is 0.351. The van der Waals surface area contributed by atoms with E-state index in [9.17, 15) is 4.79 Å². The van der Waals surface area contributed by atoms with Crippen LogP contribution in [0, 0.1) is 13.8 Å². The van der Waals surface area contributed by atoms with E-state index in [1.54, 1.807) is 7.11 Å². The molecule has 1 aromatic carbocycles. The van der Waals surface area contributed by atoms with Crippen LogP contribution in [0.2, 0.25) is 0 Å². The second-order valence-corrected chi connectivity index (χ2v) is 11.0. The van der Waals surface area contributed by atoms with Crippen molar-refractivity contribution in [1.82, 2.24) is 20.2 Å². The third kappa shape index (κ3) is 8.46. The number of carbonyl (C=O) groups excluding carboxylic acids is 1. The van der Waals surface area contributed by atoms with Crippen molar-refractivity contribution in [2.45, 2.75) is 83.6 Å². The molecule has 0 aliphatic carbocycles. The molecule has 0 unspecified atom stereocenters. The summed E-state index contributed by atoms with van der Waals surface area (Å²) in [7, 11) is 1.73. The first-order valence-corrected chi connectivity index (χ1v) is 14.9. The van der Waals surface area contributed by atoms with E-state index in [0.717, 1.165) is 57.3 Å². The number of piperidine rings is 1. The molecule has 3 atom stereocenters. The summed E-state index contributed by atoms with van der Waals surface area (Å²) < 4.78 is 17.3. The van der Waals surface area contributed by atoms with Gasteiger partial charge in [-0.25, -0.2) is 9.97 Å². The molecule has 9 nitrogen and oxygen atoms in total. The van der Waals surface area contributed by atoms with Crippen molar-refractivity contribution < 1.29 is 19.0 Å². The lowest BCUT2D eigenvalue weighted by Crippen LogP contribution is -2.49. The van der Waals surface area contributed by atoms with Gasteiger partial charge in [-0.3, -0.25) is 4.79 Å². The van der Waals surface area contributed by atoms with Gasteiger partial charge in [0, 0.05) is 57.6 Å². The van der Waals surface area contributed by atoms with Crippen molar-refractivity contribution in [2.24, 2.45) is 0 Å². The normalized spacial score (nSPS) is 20.9. The molecule has 1 aromatic heterocycles. The number of hydrogen-bond donors (Lipinski definition) is 2. The lowest BCUT2D eigenvalue weighted by molar-refractivity contribution is -0.0442. The van der Waals surface area contributed by atoms with Crippen LogP contribution < -0.4 is 10.6 Å². The van der Waals surface area contributed by atoms with Crippen LogP contribution in [0.3, 0.4) is 0 Å². The molecule has 0 radical (unpaired) electrons. The van der Waals surface area contributed by atoms with Gasteiger partial charge < -0.3 is 29.7 Å². The number of nitrogens with zero attached hydrogens (tertiary/aromatic N) is 3. The summed E-state index contributed by atoms with van der Waals surface area (Å²) in [6, 6.07) is 9.23. The molecule has 0 saturated carbocycles. The van der Waals surface area contributed by atoms with Gasteiger partial charge in [-0.1, -0.05) is 29.8 Å². The molecule has 2 aliphatic heterocycles. The van der Waals surface area contributed by atoms with Crippen molar-refractivity contribution >= 4 is 11.7 Å². The van der Waals surface area contributed by atoms with Gasteiger partial charge in [0.25, 0.3) is 5.91 Å². The van der Waals surface area contributed by atoms with Gasteiger partial charge in [-0.05, 0) is 64.9 Å². The number of aryl methyl sites for hydroxylation is 1. The van der Waals surface area contributed by atoms with Crippen LogP contribution in [-0.4, -0.2) is 85.5 Å². The molecule has 2 aliphatic rings. The molecule has 4 rings (SSSR count).